The highest BCUT2D eigenvalue weighted by Crippen LogP contribution is 2.35. The number of carbonyl (C=O) groups excluding carboxylic acids is 2. The first-order valence-electron chi connectivity index (χ1n) is 7.70. The molecule has 0 aliphatic rings. The van der Waals surface area contributed by atoms with Crippen LogP contribution < -0.4 is 5.43 Å². The summed E-state index contributed by atoms with van der Waals surface area (Å²) in [5.74, 6) is -0.771. The zero-order valence-corrected chi connectivity index (χ0v) is 15.6. The van der Waals surface area contributed by atoms with Crippen LogP contribution in [0.15, 0.2) is 47.6 Å². The van der Waals surface area contributed by atoms with Crippen molar-refractivity contribution >= 4 is 51.1 Å². The highest BCUT2D eigenvalue weighted by Gasteiger charge is 2.16. The number of aryl methyl sites for hydroxylation is 1. The Bertz CT molecular complexity index is 1010. The smallest absolute Gasteiger partial charge is 0.337 e. The minimum Gasteiger partial charge on any atom is -0.465 e. The van der Waals surface area contributed by atoms with Gasteiger partial charge in [-0.05, 0) is 36.2 Å². The van der Waals surface area contributed by atoms with Crippen LogP contribution in [0.25, 0.3) is 10.1 Å². The normalized spacial score (nSPS) is 11.0. The van der Waals surface area contributed by atoms with Crippen molar-refractivity contribution in [2.45, 2.75) is 6.92 Å². The van der Waals surface area contributed by atoms with Gasteiger partial charge < -0.3 is 4.74 Å². The molecule has 0 saturated heterocycles. The molecule has 0 aliphatic carbocycles. The molecular weight excluding hydrogens is 372 g/mol. The van der Waals surface area contributed by atoms with Crippen molar-refractivity contribution in [1.29, 1.82) is 0 Å². The number of rotatable bonds is 4. The fourth-order valence-corrected chi connectivity index (χ4v) is 3.86. The number of thiophene rings is 1. The minimum atomic E-state index is -0.406. The van der Waals surface area contributed by atoms with Crippen molar-refractivity contribution in [2.75, 3.05) is 7.11 Å². The highest BCUT2D eigenvalue weighted by atomic mass is 35.5. The Morgan fingerprint density at radius 1 is 1.19 bits per heavy atom. The number of halogens is 1. The van der Waals surface area contributed by atoms with E-state index in [4.69, 9.17) is 11.6 Å². The average Bonchev–Trinajstić information content (AvgIpc) is 2.97. The summed E-state index contributed by atoms with van der Waals surface area (Å²) < 4.78 is 5.60. The molecule has 1 amide bonds. The van der Waals surface area contributed by atoms with E-state index >= 15 is 0 Å². The van der Waals surface area contributed by atoms with Crippen LogP contribution in [-0.2, 0) is 4.74 Å². The first-order valence-corrected chi connectivity index (χ1v) is 8.89. The molecule has 0 spiro atoms. The molecule has 1 N–H and O–H groups in total. The van der Waals surface area contributed by atoms with Gasteiger partial charge in [0.25, 0.3) is 5.91 Å². The van der Waals surface area contributed by atoms with Crippen molar-refractivity contribution in [2.24, 2.45) is 5.10 Å². The third-order valence-corrected chi connectivity index (χ3v) is 5.36. The molecule has 3 rings (SSSR count). The zero-order chi connectivity index (χ0) is 18.7. The van der Waals surface area contributed by atoms with Crippen LogP contribution in [0.3, 0.4) is 0 Å². The lowest BCUT2D eigenvalue weighted by atomic mass is 10.1. The van der Waals surface area contributed by atoms with Crippen LogP contribution in [0.2, 0.25) is 5.02 Å². The summed E-state index contributed by atoms with van der Waals surface area (Å²) in [5, 5.41) is 5.24. The maximum Gasteiger partial charge on any atom is 0.337 e. The van der Waals surface area contributed by atoms with Gasteiger partial charge in [0.1, 0.15) is 4.88 Å². The molecule has 0 bridgehead atoms. The Morgan fingerprint density at radius 2 is 1.92 bits per heavy atom. The summed E-state index contributed by atoms with van der Waals surface area (Å²) in [4.78, 5) is 24.1. The number of nitrogens with zero attached hydrogens (tertiary/aromatic N) is 1. The highest BCUT2D eigenvalue weighted by molar-refractivity contribution is 7.21. The first kappa shape index (κ1) is 18.1. The van der Waals surface area contributed by atoms with Gasteiger partial charge in [-0.3, -0.25) is 4.79 Å². The average molecular weight is 387 g/mol. The standard InChI is InChI=1S/C19H15ClN2O3S/c1-11-3-8-14-15(9-11)26-17(16(14)20)18(23)22-21-10-12-4-6-13(7-5-12)19(24)25-2/h3-10H,1-2H3,(H,22,23). The van der Waals surface area contributed by atoms with Crippen molar-refractivity contribution < 1.29 is 14.3 Å². The van der Waals surface area contributed by atoms with Crippen LogP contribution in [0.1, 0.15) is 31.2 Å². The maximum atomic E-state index is 12.3. The minimum absolute atomic E-state index is 0.365. The summed E-state index contributed by atoms with van der Waals surface area (Å²) in [6.45, 7) is 1.99. The SMILES string of the molecule is COC(=O)c1ccc(C=NNC(=O)c2sc3cc(C)ccc3c2Cl)cc1. The van der Waals surface area contributed by atoms with Crippen LogP contribution in [0.4, 0.5) is 0 Å². The Balaban J connectivity index is 1.71. The van der Waals surface area contributed by atoms with E-state index in [2.05, 4.69) is 15.3 Å². The lowest BCUT2D eigenvalue weighted by molar-refractivity contribution is 0.0600. The summed E-state index contributed by atoms with van der Waals surface area (Å²) in [6.07, 6.45) is 1.49. The predicted octanol–water partition coefficient (Wildman–Crippen LogP) is 4.41. The Labute approximate surface area is 159 Å². The van der Waals surface area contributed by atoms with Gasteiger partial charge in [0.05, 0.1) is 23.9 Å². The van der Waals surface area contributed by atoms with Gasteiger partial charge in [0, 0.05) is 10.1 Å². The zero-order valence-electron chi connectivity index (χ0n) is 14.1. The van der Waals surface area contributed by atoms with Gasteiger partial charge in [0.2, 0.25) is 0 Å². The number of ether oxygens (including phenoxy) is 1. The van der Waals surface area contributed by atoms with E-state index in [1.165, 1.54) is 24.7 Å². The van der Waals surface area contributed by atoms with Gasteiger partial charge in [-0.1, -0.05) is 35.9 Å². The molecule has 0 fully saturated rings. The third kappa shape index (κ3) is 3.76. The summed E-state index contributed by atoms with van der Waals surface area (Å²) in [5.41, 5.74) is 4.76. The first-order chi connectivity index (χ1) is 12.5. The number of fused-ring (bicyclic) bond motifs is 1. The molecule has 3 aromatic rings. The molecule has 7 heteroatoms. The van der Waals surface area contributed by atoms with Gasteiger partial charge >= 0.3 is 5.97 Å². The number of nitrogens with one attached hydrogen (secondary N) is 1. The summed E-state index contributed by atoms with van der Waals surface area (Å²) in [6, 6.07) is 12.5. The van der Waals surface area contributed by atoms with Crippen molar-refractivity contribution in [3.8, 4) is 0 Å². The van der Waals surface area contributed by atoms with Crippen LogP contribution in [0.5, 0.6) is 0 Å². The molecule has 1 heterocycles. The van der Waals surface area contributed by atoms with Crippen molar-refractivity contribution in [3.63, 3.8) is 0 Å². The number of methoxy groups -OCH3 is 1. The number of hydrogen-bond acceptors (Lipinski definition) is 5. The number of benzene rings is 2. The quantitative estimate of drug-likeness (QED) is 0.410. The topological polar surface area (TPSA) is 67.8 Å². The fourth-order valence-electron chi connectivity index (χ4n) is 2.36. The number of hydrazone groups is 1. The van der Waals surface area contributed by atoms with E-state index in [-0.39, 0.29) is 5.91 Å². The number of amides is 1. The summed E-state index contributed by atoms with van der Waals surface area (Å²) in [7, 11) is 1.33. The fraction of sp³-hybridized carbons (Fsp3) is 0.105. The second-order valence-electron chi connectivity index (χ2n) is 5.56. The molecular formula is C19H15ClN2O3S. The second kappa shape index (κ2) is 7.68. The molecule has 0 atom stereocenters. The molecule has 132 valence electrons. The molecule has 5 nitrogen and oxygen atoms in total. The Morgan fingerprint density at radius 3 is 2.62 bits per heavy atom. The van der Waals surface area contributed by atoms with Gasteiger partial charge in [0.15, 0.2) is 0 Å². The van der Waals surface area contributed by atoms with E-state index in [9.17, 15) is 9.59 Å². The number of hydrogen-bond donors (Lipinski definition) is 1. The molecule has 0 radical (unpaired) electrons. The predicted molar refractivity (Wildman–Crippen MR) is 104 cm³/mol. The second-order valence-corrected chi connectivity index (χ2v) is 6.99. The molecule has 0 aliphatic heterocycles. The lowest BCUT2D eigenvalue weighted by Crippen LogP contribution is -2.16. The molecule has 0 saturated carbocycles. The largest absolute Gasteiger partial charge is 0.465 e. The molecule has 26 heavy (non-hydrogen) atoms. The molecule has 0 unspecified atom stereocenters. The Hall–Kier alpha value is -2.70. The third-order valence-electron chi connectivity index (χ3n) is 3.70. The summed E-state index contributed by atoms with van der Waals surface area (Å²) >= 11 is 7.65. The van der Waals surface area contributed by atoms with Gasteiger partial charge in [-0.25, -0.2) is 10.2 Å². The monoisotopic (exact) mass is 386 g/mol. The van der Waals surface area contributed by atoms with Crippen molar-refractivity contribution in [3.05, 3.63) is 69.1 Å². The number of esters is 1. The lowest BCUT2D eigenvalue weighted by Gasteiger charge is -2.00. The van der Waals surface area contributed by atoms with Crippen LogP contribution in [-0.4, -0.2) is 25.2 Å². The van der Waals surface area contributed by atoms with E-state index < -0.39 is 5.97 Å². The number of carbonyl (C=O) groups is 2. The Kier molecular flexibility index (Phi) is 5.35. The molecule has 2 aromatic carbocycles. The van der Waals surface area contributed by atoms with E-state index in [1.807, 2.05) is 25.1 Å². The maximum absolute atomic E-state index is 12.3. The van der Waals surface area contributed by atoms with Crippen LogP contribution in [0, 0.1) is 6.92 Å². The van der Waals surface area contributed by atoms with E-state index in [0.29, 0.717) is 15.5 Å². The van der Waals surface area contributed by atoms with E-state index in [0.717, 1.165) is 21.2 Å². The van der Waals surface area contributed by atoms with E-state index in [1.54, 1.807) is 24.3 Å². The van der Waals surface area contributed by atoms with Crippen molar-refractivity contribution in [1.82, 2.24) is 5.43 Å². The van der Waals surface area contributed by atoms with Gasteiger partial charge in [-0.15, -0.1) is 11.3 Å². The molecule has 1 aromatic heterocycles. The van der Waals surface area contributed by atoms with Gasteiger partial charge in [-0.2, -0.15) is 5.10 Å². The van der Waals surface area contributed by atoms with Crippen LogP contribution >= 0.6 is 22.9 Å².